The van der Waals surface area contributed by atoms with Crippen LogP contribution in [0, 0.1) is 0 Å². The van der Waals surface area contributed by atoms with Crippen LogP contribution in [0.15, 0.2) is 11.0 Å². The fourth-order valence-corrected chi connectivity index (χ4v) is 3.75. The van der Waals surface area contributed by atoms with E-state index in [9.17, 15) is 14.4 Å². The Morgan fingerprint density at radius 2 is 2.04 bits per heavy atom. The maximum atomic E-state index is 12.8. The predicted octanol–water partition coefficient (Wildman–Crippen LogP) is 2.43. The Labute approximate surface area is 152 Å². The lowest BCUT2D eigenvalue weighted by Crippen LogP contribution is -2.50. The van der Waals surface area contributed by atoms with Gasteiger partial charge in [-0.15, -0.1) is 0 Å². The molecule has 0 saturated heterocycles. The van der Waals surface area contributed by atoms with Gasteiger partial charge in [0.25, 0.3) is 5.91 Å². The number of amides is 1. The number of unbranched alkanes of at least 4 members (excludes halogenated alkanes) is 1. The quantitative estimate of drug-likeness (QED) is 0.620. The van der Waals surface area contributed by atoms with Crippen LogP contribution < -0.4 is 15.5 Å². The van der Waals surface area contributed by atoms with Gasteiger partial charge < -0.3 is 19.4 Å². The van der Waals surface area contributed by atoms with Crippen LogP contribution in [0.25, 0.3) is 0 Å². The van der Waals surface area contributed by atoms with Crippen LogP contribution >= 0.6 is 0 Å². The number of rotatable bonds is 6. The van der Waals surface area contributed by atoms with E-state index in [2.05, 4.69) is 5.32 Å². The summed E-state index contributed by atoms with van der Waals surface area (Å²) in [5.74, 6) is -1.02. The number of hydrogen-bond acceptors (Lipinski definition) is 5. The average molecular weight is 362 g/mol. The van der Waals surface area contributed by atoms with Gasteiger partial charge in [0.15, 0.2) is 11.4 Å². The van der Waals surface area contributed by atoms with Crippen LogP contribution in [-0.4, -0.2) is 35.7 Å². The normalized spacial score (nSPS) is 21.4. The number of hydrogen-bond donors (Lipinski definition) is 1. The van der Waals surface area contributed by atoms with Crippen molar-refractivity contribution >= 4 is 11.9 Å². The van der Waals surface area contributed by atoms with E-state index in [4.69, 9.17) is 9.47 Å². The molecule has 3 rings (SSSR count). The zero-order valence-electron chi connectivity index (χ0n) is 15.4. The van der Waals surface area contributed by atoms with Crippen molar-refractivity contribution in [3.05, 3.63) is 27.7 Å². The van der Waals surface area contributed by atoms with E-state index >= 15 is 0 Å². The van der Waals surface area contributed by atoms with Crippen molar-refractivity contribution in [1.82, 2.24) is 9.88 Å². The number of ether oxygens (including phenoxy) is 2. The number of carbonyl (C=O) groups is 2. The van der Waals surface area contributed by atoms with Crippen molar-refractivity contribution in [2.24, 2.45) is 0 Å². The number of nitrogens with zero attached hydrogens (tertiary/aromatic N) is 1. The highest BCUT2D eigenvalue weighted by Gasteiger charge is 2.38. The summed E-state index contributed by atoms with van der Waals surface area (Å²) in [5.41, 5.74) is -0.418. The van der Waals surface area contributed by atoms with Gasteiger partial charge in [-0.25, -0.2) is 4.79 Å². The molecule has 1 aliphatic carbocycles. The molecule has 1 fully saturated rings. The molecule has 0 bridgehead atoms. The van der Waals surface area contributed by atoms with Crippen molar-refractivity contribution in [2.75, 3.05) is 13.2 Å². The number of pyridine rings is 1. The SMILES string of the molecule is CCCCOc1c2n(cc(C(=O)OCC)c1=O)[C@@H]1CCCC[C@@H]1NC2=O. The Balaban J connectivity index is 2.12. The first-order valence-corrected chi connectivity index (χ1v) is 9.48. The molecule has 2 aliphatic rings. The van der Waals surface area contributed by atoms with Crippen LogP contribution in [0.3, 0.4) is 0 Å². The van der Waals surface area contributed by atoms with Crippen LogP contribution in [-0.2, 0) is 4.74 Å². The number of carbonyl (C=O) groups excluding carboxylic acids is 2. The third kappa shape index (κ3) is 3.34. The molecule has 1 N–H and O–H groups in total. The first kappa shape index (κ1) is 18.5. The summed E-state index contributed by atoms with van der Waals surface area (Å²) in [7, 11) is 0. The third-order valence-corrected chi connectivity index (χ3v) is 5.05. The third-order valence-electron chi connectivity index (χ3n) is 5.05. The van der Waals surface area contributed by atoms with E-state index in [-0.39, 0.29) is 41.6 Å². The number of esters is 1. The molecular formula is C19H26N2O5. The largest absolute Gasteiger partial charge is 0.487 e. The topological polar surface area (TPSA) is 86.6 Å². The van der Waals surface area contributed by atoms with Gasteiger partial charge in [-0.1, -0.05) is 26.2 Å². The molecule has 7 heteroatoms. The minimum Gasteiger partial charge on any atom is -0.487 e. The van der Waals surface area contributed by atoms with Gasteiger partial charge in [0.1, 0.15) is 5.56 Å². The first-order valence-electron chi connectivity index (χ1n) is 9.48. The molecule has 1 aromatic rings. The van der Waals surface area contributed by atoms with Crippen molar-refractivity contribution in [1.29, 1.82) is 0 Å². The van der Waals surface area contributed by atoms with E-state index in [1.807, 2.05) is 6.92 Å². The van der Waals surface area contributed by atoms with Crippen LogP contribution in [0.5, 0.6) is 5.75 Å². The first-order chi connectivity index (χ1) is 12.6. The molecule has 1 aliphatic heterocycles. The summed E-state index contributed by atoms with van der Waals surface area (Å²) in [4.78, 5) is 37.8. The molecule has 1 saturated carbocycles. The molecule has 1 amide bonds. The molecule has 0 spiro atoms. The number of aromatic nitrogens is 1. The van der Waals surface area contributed by atoms with Crippen molar-refractivity contribution < 1.29 is 19.1 Å². The smallest absolute Gasteiger partial charge is 0.343 e. The maximum Gasteiger partial charge on any atom is 0.343 e. The fraction of sp³-hybridized carbons (Fsp3) is 0.632. The number of nitrogens with one attached hydrogen (secondary N) is 1. The van der Waals surface area contributed by atoms with E-state index < -0.39 is 11.4 Å². The molecule has 2 heterocycles. The molecule has 142 valence electrons. The van der Waals surface area contributed by atoms with Crippen molar-refractivity contribution in [2.45, 2.75) is 64.5 Å². The Kier molecular flexibility index (Phi) is 5.64. The summed E-state index contributed by atoms with van der Waals surface area (Å²) in [6, 6.07) is 0.0449. The zero-order valence-corrected chi connectivity index (χ0v) is 15.4. The average Bonchev–Trinajstić information content (AvgIpc) is 2.63. The maximum absolute atomic E-state index is 12.8. The van der Waals surface area contributed by atoms with Gasteiger partial charge in [0.05, 0.1) is 19.3 Å². The van der Waals surface area contributed by atoms with Gasteiger partial charge >= 0.3 is 5.97 Å². The number of fused-ring (bicyclic) bond motifs is 3. The summed E-state index contributed by atoms with van der Waals surface area (Å²) >= 11 is 0. The Hall–Kier alpha value is -2.31. The molecule has 1 aromatic heterocycles. The Morgan fingerprint density at radius 1 is 1.27 bits per heavy atom. The molecule has 26 heavy (non-hydrogen) atoms. The minimum absolute atomic E-state index is 0.0183. The molecule has 2 atom stereocenters. The van der Waals surface area contributed by atoms with Gasteiger partial charge in [0, 0.05) is 12.2 Å². The minimum atomic E-state index is -0.675. The second kappa shape index (κ2) is 7.93. The zero-order chi connectivity index (χ0) is 18.7. The monoisotopic (exact) mass is 362 g/mol. The van der Waals surface area contributed by atoms with Crippen molar-refractivity contribution in [3.63, 3.8) is 0 Å². The highest BCUT2D eigenvalue weighted by molar-refractivity contribution is 5.98. The standard InChI is InChI=1S/C19H26N2O5/c1-3-5-10-26-17-15-18(23)20-13-8-6-7-9-14(13)21(15)11-12(16(17)22)19(24)25-4-2/h11,13-14H,3-10H2,1-2H3,(H,20,23)/t13-,14+/m0/s1. The molecule has 0 radical (unpaired) electrons. The lowest BCUT2D eigenvalue weighted by molar-refractivity contribution is 0.0520. The fourth-order valence-electron chi connectivity index (χ4n) is 3.75. The Morgan fingerprint density at radius 3 is 2.77 bits per heavy atom. The van der Waals surface area contributed by atoms with Gasteiger partial charge in [-0.05, 0) is 26.2 Å². The van der Waals surface area contributed by atoms with E-state index in [1.54, 1.807) is 11.5 Å². The lowest BCUT2D eigenvalue weighted by Gasteiger charge is -2.39. The van der Waals surface area contributed by atoms with E-state index in [1.165, 1.54) is 6.20 Å². The highest BCUT2D eigenvalue weighted by Crippen LogP contribution is 2.35. The molecule has 7 nitrogen and oxygen atoms in total. The summed E-state index contributed by atoms with van der Waals surface area (Å²) in [5, 5.41) is 3.01. The van der Waals surface area contributed by atoms with Crippen LogP contribution in [0.2, 0.25) is 0 Å². The molecular weight excluding hydrogens is 336 g/mol. The van der Waals surface area contributed by atoms with E-state index in [0.717, 1.165) is 38.5 Å². The second-order valence-corrected chi connectivity index (χ2v) is 6.81. The van der Waals surface area contributed by atoms with Crippen LogP contribution in [0.1, 0.15) is 79.3 Å². The van der Waals surface area contributed by atoms with Gasteiger partial charge in [-0.3, -0.25) is 9.59 Å². The van der Waals surface area contributed by atoms with Gasteiger partial charge in [-0.2, -0.15) is 0 Å². The van der Waals surface area contributed by atoms with Crippen molar-refractivity contribution in [3.8, 4) is 5.75 Å². The molecule has 0 aromatic carbocycles. The van der Waals surface area contributed by atoms with E-state index in [0.29, 0.717) is 6.61 Å². The van der Waals surface area contributed by atoms with Gasteiger partial charge in [0.2, 0.25) is 5.43 Å². The second-order valence-electron chi connectivity index (χ2n) is 6.81. The Bertz CT molecular complexity index is 755. The summed E-state index contributed by atoms with van der Waals surface area (Å²) < 4.78 is 12.5. The van der Waals surface area contributed by atoms with Crippen LogP contribution in [0.4, 0.5) is 0 Å². The summed E-state index contributed by atoms with van der Waals surface area (Å²) in [6.07, 6.45) is 7.03. The highest BCUT2D eigenvalue weighted by atomic mass is 16.5. The summed E-state index contributed by atoms with van der Waals surface area (Å²) in [6.45, 7) is 4.21. The molecule has 0 unspecified atom stereocenters. The predicted molar refractivity (Wildman–Crippen MR) is 95.8 cm³/mol. The lowest BCUT2D eigenvalue weighted by atomic mass is 9.87.